The van der Waals surface area contributed by atoms with Crippen LogP contribution >= 0.6 is 11.9 Å². The number of para-hydroxylation sites is 1. The van der Waals surface area contributed by atoms with Crippen molar-refractivity contribution in [1.29, 1.82) is 0 Å². The summed E-state index contributed by atoms with van der Waals surface area (Å²) < 4.78 is 21.6. The van der Waals surface area contributed by atoms with Crippen LogP contribution in [0.4, 0.5) is 15.9 Å². The lowest BCUT2D eigenvalue weighted by Gasteiger charge is -2.25. The summed E-state index contributed by atoms with van der Waals surface area (Å²) >= 11 is 1.18. The summed E-state index contributed by atoms with van der Waals surface area (Å²) in [7, 11) is 2.78. The van der Waals surface area contributed by atoms with Crippen molar-refractivity contribution in [3.05, 3.63) is 58.1 Å². The van der Waals surface area contributed by atoms with Crippen molar-refractivity contribution in [3.8, 4) is 0 Å². The lowest BCUT2D eigenvalue weighted by Crippen LogP contribution is -2.26. The summed E-state index contributed by atoms with van der Waals surface area (Å²) in [5.41, 5.74) is 0.126. The zero-order chi connectivity index (χ0) is 16.3. The molecule has 0 unspecified atom stereocenters. The molecule has 1 aromatic carbocycles. The Balaban J connectivity index is 2.73. The van der Waals surface area contributed by atoms with Crippen LogP contribution < -0.4 is 9.86 Å². The largest absolute Gasteiger partial charge is 0.465 e. The van der Waals surface area contributed by atoms with Crippen LogP contribution in [0, 0.1) is 5.82 Å². The van der Waals surface area contributed by atoms with Crippen LogP contribution in [0.15, 0.2) is 41.2 Å². The van der Waals surface area contributed by atoms with Crippen LogP contribution in [0.3, 0.4) is 0 Å². The Labute approximate surface area is 131 Å². The second-order valence-electron chi connectivity index (χ2n) is 4.39. The fourth-order valence-electron chi connectivity index (χ4n) is 2.06. The molecule has 0 aliphatic heterocycles. The molecule has 0 saturated carbocycles. The van der Waals surface area contributed by atoms with Gasteiger partial charge in [-0.2, -0.15) is 0 Å². The third-order valence-corrected chi connectivity index (χ3v) is 3.87. The normalized spacial score (nSPS) is 10.4. The van der Waals surface area contributed by atoms with Gasteiger partial charge in [0.2, 0.25) is 0 Å². The molecular weight excluding hydrogens is 307 g/mol. The summed E-state index contributed by atoms with van der Waals surface area (Å²) in [6, 6.07) is 8.80. The van der Waals surface area contributed by atoms with Gasteiger partial charge in [-0.25, -0.2) is 9.18 Å². The number of rotatable bonds is 4. The smallest absolute Gasteiger partial charge is 0.341 e. The van der Waals surface area contributed by atoms with E-state index < -0.39 is 11.8 Å². The fraction of sp³-hybridized carbons (Fsp3) is 0.200. The molecule has 0 amide bonds. The van der Waals surface area contributed by atoms with Gasteiger partial charge in [0.1, 0.15) is 17.2 Å². The number of carbonyl (C=O) groups is 1. The maximum Gasteiger partial charge on any atom is 0.341 e. The highest BCUT2D eigenvalue weighted by atomic mass is 32.2. The first kappa shape index (κ1) is 16.1. The summed E-state index contributed by atoms with van der Waals surface area (Å²) in [6.07, 6.45) is 1.73. The van der Waals surface area contributed by atoms with Crippen molar-refractivity contribution in [2.75, 3.05) is 17.7 Å². The Morgan fingerprint density at radius 2 is 1.95 bits per heavy atom. The standard InChI is InChI=1S/C15H15FN2O3S/c1-17-13(19)9-8-10(15(20)21-2)14(17)18(22-3)12-7-5-4-6-11(12)16/h4-9H,1-3H3. The quantitative estimate of drug-likeness (QED) is 0.640. The second-order valence-corrected chi connectivity index (χ2v) is 5.12. The molecule has 0 fully saturated rings. The van der Waals surface area contributed by atoms with Gasteiger partial charge >= 0.3 is 5.97 Å². The SMILES string of the molecule is COC(=O)c1ccc(=O)n(C)c1N(SC)c1ccccc1F. The molecule has 1 aromatic heterocycles. The van der Waals surface area contributed by atoms with Crippen LogP contribution in [-0.4, -0.2) is 23.9 Å². The minimum atomic E-state index is -0.596. The minimum Gasteiger partial charge on any atom is -0.465 e. The van der Waals surface area contributed by atoms with Crippen LogP contribution in [-0.2, 0) is 11.8 Å². The van der Waals surface area contributed by atoms with Crippen LogP contribution in [0.5, 0.6) is 0 Å². The molecule has 0 aliphatic rings. The van der Waals surface area contributed by atoms with Crippen molar-refractivity contribution in [1.82, 2.24) is 4.57 Å². The van der Waals surface area contributed by atoms with Crippen LogP contribution in [0.1, 0.15) is 10.4 Å². The van der Waals surface area contributed by atoms with E-state index in [1.165, 1.54) is 53.2 Å². The Kier molecular flexibility index (Phi) is 4.87. The van der Waals surface area contributed by atoms with Crippen molar-refractivity contribution in [2.45, 2.75) is 0 Å². The molecule has 0 saturated heterocycles. The van der Waals surface area contributed by atoms with E-state index in [9.17, 15) is 14.0 Å². The number of hydrogen-bond acceptors (Lipinski definition) is 5. The van der Waals surface area contributed by atoms with Gasteiger partial charge in [0.05, 0.1) is 12.8 Å². The molecule has 1 heterocycles. The summed E-state index contributed by atoms with van der Waals surface area (Å²) in [6.45, 7) is 0. The highest BCUT2D eigenvalue weighted by Crippen LogP contribution is 2.34. The topological polar surface area (TPSA) is 51.5 Å². The number of hydrogen-bond donors (Lipinski definition) is 0. The van der Waals surface area contributed by atoms with Gasteiger partial charge in [-0.3, -0.25) is 13.7 Å². The van der Waals surface area contributed by atoms with E-state index in [0.717, 1.165) is 0 Å². The summed E-state index contributed by atoms with van der Waals surface area (Å²) in [5, 5.41) is 0. The van der Waals surface area contributed by atoms with Crippen molar-refractivity contribution in [3.63, 3.8) is 0 Å². The third kappa shape index (κ3) is 2.85. The molecule has 0 aliphatic carbocycles. The number of pyridine rings is 1. The molecule has 2 aromatic rings. The first-order valence-electron chi connectivity index (χ1n) is 6.38. The second kappa shape index (κ2) is 6.65. The lowest BCUT2D eigenvalue weighted by molar-refractivity contribution is 0.0601. The number of halogens is 1. The molecule has 0 radical (unpaired) electrons. The number of aromatic nitrogens is 1. The zero-order valence-electron chi connectivity index (χ0n) is 12.4. The van der Waals surface area contributed by atoms with Gasteiger partial charge in [0.15, 0.2) is 0 Å². The minimum absolute atomic E-state index is 0.183. The first-order valence-corrected chi connectivity index (χ1v) is 7.56. The van der Waals surface area contributed by atoms with E-state index in [1.54, 1.807) is 24.5 Å². The fourth-order valence-corrected chi connectivity index (χ4v) is 2.79. The highest BCUT2D eigenvalue weighted by molar-refractivity contribution is 8.00. The molecule has 5 nitrogen and oxygen atoms in total. The molecule has 2 rings (SSSR count). The molecule has 7 heteroatoms. The Hall–Kier alpha value is -2.28. The van der Waals surface area contributed by atoms with Gasteiger partial charge in [0, 0.05) is 19.4 Å². The third-order valence-electron chi connectivity index (χ3n) is 3.13. The van der Waals surface area contributed by atoms with E-state index in [4.69, 9.17) is 4.74 Å². The molecule has 0 N–H and O–H groups in total. The van der Waals surface area contributed by atoms with Crippen molar-refractivity contribution >= 4 is 29.4 Å². The van der Waals surface area contributed by atoms with E-state index in [0.29, 0.717) is 0 Å². The number of methoxy groups -OCH3 is 1. The summed E-state index contributed by atoms with van der Waals surface area (Å²) in [4.78, 5) is 23.9. The number of benzene rings is 1. The van der Waals surface area contributed by atoms with Gasteiger partial charge in [-0.05, 0) is 30.1 Å². The molecule has 0 spiro atoms. The van der Waals surface area contributed by atoms with Crippen molar-refractivity contribution in [2.24, 2.45) is 7.05 Å². The average molecular weight is 322 g/mol. The zero-order valence-corrected chi connectivity index (χ0v) is 13.2. The number of anilines is 2. The van der Waals surface area contributed by atoms with E-state index in [2.05, 4.69) is 0 Å². The number of nitrogens with zero attached hydrogens (tertiary/aromatic N) is 2. The van der Waals surface area contributed by atoms with Gasteiger partial charge in [0.25, 0.3) is 5.56 Å². The van der Waals surface area contributed by atoms with E-state index in [1.807, 2.05) is 0 Å². The van der Waals surface area contributed by atoms with Gasteiger partial charge in [-0.1, -0.05) is 12.1 Å². The van der Waals surface area contributed by atoms with Crippen LogP contribution in [0.2, 0.25) is 0 Å². The summed E-state index contributed by atoms with van der Waals surface area (Å²) in [5.74, 6) is -0.790. The Bertz CT molecular complexity index is 761. The highest BCUT2D eigenvalue weighted by Gasteiger charge is 2.23. The molecule has 22 heavy (non-hydrogen) atoms. The van der Waals surface area contributed by atoms with Crippen molar-refractivity contribution < 1.29 is 13.9 Å². The maximum absolute atomic E-state index is 14.1. The molecule has 0 bridgehead atoms. The van der Waals surface area contributed by atoms with E-state index >= 15 is 0 Å². The predicted octanol–water partition coefficient (Wildman–Crippen LogP) is 2.73. The monoisotopic (exact) mass is 322 g/mol. The lowest BCUT2D eigenvalue weighted by atomic mass is 10.2. The van der Waals surface area contributed by atoms with E-state index in [-0.39, 0.29) is 22.6 Å². The Morgan fingerprint density at radius 3 is 2.55 bits per heavy atom. The van der Waals surface area contributed by atoms with Crippen LogP contribution in [0.25, 0.3) is 0 Å². The molecule has 0 atom stereocenters. The Morgan fingerprint density at radius 1 is 1.27 bits per heavy atom. The molecule has 116 valence electrons. The average Bonchev–Trinajstić information content (AvgIpc) is 2.53. The van der Waals surface area contributed by atoms with Gasteiger partial charge in [-0.15, -0.1) is 0 Å². The number of ether oxygens (including phenoxy) is 1. The molecular formula is C15H15FN2O3S. The number of esters is 1. The van der Waals surface area contributed by atoms with Gasteiger partial charge < -0.3 is 4.74 Å². The number of carbonyl (C=O) groups excluding carboxylic acids is 1. The maximum atomic E-state index is 14.1. The predicted molar refractivity (Wildman–Crippen MR) is 85.1 cm³/mol. The first-order chi connectivity index (χ1) is 10.5.